The zero-order chi connectivity index (χ0) is 12.0. The molecule has 0 saturated heterocycles. The summed E-state index contributed by atoms with van der Waals surface area (Å²) in [6, 6.07) is 0.701. The smallest absolute Gasteiger partial charge is 0.00669 e. The molecule has 1 N–H and O–H groups in total. The topological polar surface area (TPSA) is 12.0 Å². The van der Waals surface area contributed by atoms with Crippen LogP contribution in [0.2, 0.25) is 0 Å². The van der Waals surface area contributed by atoms with Crippen LogP contribution >= 0.6 is 0 Å². The van der Waals surface area contributed by atoms with Gasteiger partial charge in [0.25, 0.3) is 0 Å². The lowest BCUT2D eigenvalue weighted by atomic mass is 9.82. The molecule has 1 rings (SSSR count). The Kier molecular flexibility index (Phi) is 6.41. The molecule has 0 aromatic heterocycles. The van der Waals surface area contributed by atoms with Crippen molar-refractivity contribution in [3.63, 3.8) is 0 Å². The van der Waals surface area contributed by atoms with E-state index in [2.05, 4.69) is 33.0 Å². The van der Waals surface area contributed by atoms with Gasteiger partial charge in [-0.15, -0.1) is 0 Å². The van der Waals surface area contributed by atoms with E-state index in [1.807, 2.05) is 0 Å². The van der Waals surface area contributed by atoms with Gasteiger partial charge in [0.05, 0.1) is 0 Å². The number of hydrogen-bond acceptors (Lipinski definition) is 1. The molecule has 3 atom stereocenters. The van der Waals surface area contributed by atoms with Crippen molar-refractivity contribution in [3.8, 4) is 0 Å². The summed E-state index contributed by atoms with van der Waals surface area (Å²) in [5.41, 5.74) is 0. The van der Waals surface area contributed by atoms with Crippen LogP contribution in [0.4, 0.5) is 0 Å². The quantitative estimate of drug-likeness (QED) is 0.713. The molecular weight excluding hydrogens is 194 g/mol. The molecule has 96 valence electrons. The Bertz CT molecular complexity index is 172. The fourth-order valence-corrected chi connectivity index (χ4v) is 3.26. The normalized spacial score (nSPS) is 28.3. The van der Waals surface area contributed by atoms with Gasteiger partial charge < -0.3 is 5.32 Å². The molecule has 0 bridgehead atoms. The third kappa shape index (κ3) is 4.45. The number of rotatable bonds is 6. The van der Waals surface area contributed by atoms with Crippen LogP contribution in [0.3, 0.4) is 0 Å². The zero-order valence-electron chi connectivity index (χ0n) is 11.8. The second-order valence-corrected chi connectivity index (χ2v) is 5.91. The highest BCUT2D eigenvalue weighted by molar-refractivity contribution is 4.76. The first kappa shape index (κ1) is 14.0. The highest BCUT2D eigenvalue weighted by atomic mass is 14.9. The van der Waals surface area contributed by atoms with Gasteiger partial charge >= 0.3 is 0 Å². The summed E-state index contributed by atoms with van der Waals surface area (Å²) < 4.78 is 0. The Morgan fingerprint density at radius 3 is 2.44 bits per heavy atom. The van der Waals surface area contributed by atoms with Gasteiger partial charge in [-0.3, -0.25) is 0 Å². The molecule has 1 aliphatic carbocycles. The van der Waals surface area contributed by atoms with Crippen LogP contribution in [-0.4, -0.2) is 12.6 Å². The van der Waals surface area contributed by atoms with Crippen molar-refractivity contribution in [2.24, 2.45) is 17.8 Å². The van der Waals surface area contributed by atoms with Crippen molar-refractivity contribution >= 4 is 0 Å². The van der Waals surface area contributed by atoms with Gasteiger partial charge in [-0.25, -0.2) is 0 Å². The lowest BCUT2D eigenvalue weighted by molar-refractivity contribution is 0.252. The van der Waals surface area contributed by atoms with Crippen LogP contribution in [0.5, 0.6) is 0 Å². The number of hydrogen-bond donors (Lipinski definition) is 1. The molecule has 1 fully saturated rings. The van der Waals surface area contributed by atoms with Crippen molar-refractivity contribution in [3.05, 3.63) is 0 Å². The van der Waals surface area contributed by atoms with Crippen LogP contribution in [0.25, 0.3) is 0 Å². The summed E-state index contributed by atoms with van der Waals surface area (Å²) in [6.45, 7) is 10.7. The minimum atomic E-state index is 0.701. The SMILES string of the molecule is CCC(CC)C(C)NCC1CCCC(C)C1. The van der Waals surface area contributed by atoms with Gasteiger partial charge in [0.1, 0.15) is 0 Å². The predicted octanol–water partition coefficient (Wildman–Crippen LogP) is 4.23. The molecule has 1 nitrogen and oxygen atoms in total. The molecule has 3 unspecified atom stereocenters. The minimum Gasteiger partial charge on any atom is -0.314 e. The average molecular weight is 225 g/mol. The number of nitrogens with one attached hydrogen (secondary N) is 1. The Hall–Kier alpha value is -0.0400. The Morgan fingerprint density at radius 1 is 1.19 bits per heavy atom. The van der Waals surface area contributed by atoms with Crippen LogP contribution in [0, 0.1) is 17.8 Å². The van der Waals surface area contributed by atoms with Crippen molar-refractivity contribution in [2.45, 2.75) is 72.3 Å². The van der Waals surface area contributed by atoms with E-state index in [0.29, 0.717) is 6.04 Å². The molecule has 0 aliphatic heterocycles. The lowest BCUT2D eigenvalue weighted by Gasteiger charge is -2.30. The molecule has 0 aromatic rings. The van der Waals surface area contributed by atoms with Crippen LogP contribution < -0.4 is 5.32 Å². The van der Waals surface area contributed by atoms with E-state index in [9.17, 15) is 0 Å². The van der Waals surface area contributed by atoms with Crippen LogP contribution in [-0.2, 0) is 0 Å². The minimum absolute atomic E-state index is 0.701. The molecule has 0 aromatic carbocycles. The molecule has 0 spiro atoms. The molecule has 1 aliphatic rings. The second-order valence-electron chi connectivity index (χ2n) is 5.91. The molecule has 16 heavy (non-hydrogen) atoms. The van der Waals surface area contributed by atoms with Gasteiger partial charge in [0.15, 0.2) is 0 Å². The maximum atomic E-state index is 3.77. The van der Waals surface area contributed by atoms with E-state index < -0.39 is 0 Å². The second kappa shape index (κ2) is 7.32. The largest absolute Gasteiger partial charge is 0.314 e. The summed E-state index contributed by atoms with van der Waals surface area (Å²) >= 11 is 0. The lowest BCUT2D eigenvalue weighted by Crippen LogP contribution is -2.37. The van der Waals surface area contributed by atoms with E-state index in [1.54, 1.807) is 0 Å². The van der Waals surface area contributed by atoms with Crippen LogP contribution in [0.1, 0.15) is 66.2 Å². The summed E-state index contributed by atoms with van der Waals surface area (Å²) in [5, 5.41) is 3.77. The zero-order valence-corrected chi connectivity index (χ0v) is 11.8. The van der Waals surface area contributed by atoms with Gasteiger partial charge in [0.2, 0.25) is 0 Å². The van der Waals surface area contributed by atoms with Crippen molar-refractivity contribution in [1.29, 1.82) is 0 Å². The molecular formula is C15H31N. The first-order valence-corrected chi connectivity index (χ1v) is 7.40. The van der Waals surface area contributed by atoms with Crippen LogP contribution in [0.15, 0.2) is 0 Å². The molecule has 1 heteroatoms. The van der Waals surface area contributed by atoms with Gasteiger partial charge in [-0.1, -0.05) is 46.5 Å². The summed E-state index contributed by atoms with van der Waals surface area (Å²) in [6.07, 6.45) is 8.43. The Balaban J connectivity index is 2.22. The Morgan fingerprint density at radius 2 is 1.88 bits per heavy atom. The van der Waals surface area contributed by atoms with Crippen molar-refractivity contribution in [2.75, 3.05) is 6.54 Å². The predicted molar refractivity (Wildman–Crippen MR) is 72.7 cm³/mol. The first-order valence-electron chi connectivity index (χ1n) is 7.40. The third-order valence-electron chi connectivity index (χ3n) is 4.53. The molecule has 0 heterocycles. The van der Waals surface area contributed by atoms with Gasteiger partial charge in [-0.2, -0.15) is 0 Å². The fraction of sp³-hybridized carbons (Fsp3) is 1.00. The standard InChI is InChI=1S/C15H31N/c1-5-15(6-2)13(4)16-11-14-9-7-8-12(3)10-14/h12-16H,5-11H2,1-4H3. The summed E-state index contributed by atoms with van der Waals surface area (Å²) in [4.78, 5) is 0. The summed E-state index contributed by atoms with van der Waals surface area (Å²) in [7, 11) is 0. The van der Waals surface area contributed by atoms with E-state index >= 15 is 0 Å². The van der Waals surface area contributed by atoms with E-state index in [4.69, 9.17) is 0 Å². The van der Waals surface area contributed by atoms with Gasteiger partial charge in [-0.05, 0) is 44.1 Å². The van der Waals surface area contributed by atoms with E-state index in [-0.39, 0.29) is 0 Å². The monoisotopic (exact) mass is 225 g/mol. The van der Waals surface area contributed by atoms with E-state index in [1.165, 1.54) is 45.1 Å². The average Bonchev–Trinajstić information content (AvgIpc) is 2.28. The maximum Gasteiger partial charge on any atom is 0.00669 e. The molecule has 0 radical (unpaired) electrons. The first-order chi connectivity index (χ1) is 7.67. The van der Waals surface area contributed by atoms with E-state index in [0.717, 1.165) is 17.8 Å². The molecule has 1 saturated carbocycles. The van der Waals surface area contributed by atoms with Crippen molar-refractivity contribution in [1.82, 2.24) is 5.32 Å². The molecule has 0 amide bonds. The highest BCUT2D eigenvalue weighted by Crippen LogP contribution is 2.28. The van der Waals surface area contributed by atoms with Gasteiger partial charge in [0, 0.05) is 6.04 Å². The highest BCUT2D eigenvalue weighted by Gasteiger charge is 2.20. The third-order valence-corrected chi connectivity index (χ3v) is 4.53. The maximum absolute atomic E-state index is 3.77. The fourth-order valence-electron chi connectivity index (χ4n) is 3.26. The summed E-state index contributed by atoms with van der Waals surface area (Å²) in [5.74, 6) is 2.77. The Labute approximate surface area is 102 Å². The van der Waals surface area contributed by atoms with Crippen molar-refractivity contribution < 1.29 is 0 Å².